The van der Waals surface area contributed by atoms with Crippen molar-refractivity contribution >= 4 is 5.97 Å². The van der Waals surface area contributed by atoms with Gasteiger partial charge >= 0.3 is 5.97 Å². The molecule has 0 amide bonds. The third-order valence-corrected chi connectivity index (χ3v) is 2.34. The first-order chi connectivity index (χ1) is 8.07. The first-order valence-corrected chi connectivity index (χ1v) is 5.06. The third kappa shape index (κ3) is 3.13. The monoisotopic (exact) mass is 244 g/mol. The summed E-state index contributed by atoms with van der Waals surface area (Å²) in [5.74, 6) is -2.21. The predicted octanol–water partition coefficient (Wildman–Crippen LogP) is -0.632. The fraction of sp³-hybridized carbons (Fsp3) is 0.545. The first kappa shape index (κ1) is 13.9. The summed E-state index contributed by atoms with van der Waals surface area (Å²) in [6.45, 7) is -0.262. The Balaban J connectivity index is 2.84. The minimum atomic E-state index is -1.69. The molecule has 0 spiro atoms. The van der Waals surface area contributed by atoms with Gasteiger partial charge in [0.1, 0.15) is 6.10 Å². The molecule has 0 bridgehead atoms. The molecule has 0 aromatic heterocycles. The SMILES string of the molecule is COC(=O)C1=CC(OC)C(O)(OCCO)C=C1. The molecule has 0 radical (unpaired) electrons. The van der Waals surface area contributed by atoms with Crippen LogP contribution in [0.25, 0.3) is 0 Å². The molecule has 0 heterocycles. The lowest BCUT2D eigenvalue weighted by atomic mass is 9.99. The van der Waals surface area contributed by atoms with Crippen LogP contribution < -0.4 is 0 Å². The van der Waals surface area contributed by atoms with Crippen molar-refractivity contribution < 1.29 is 29.2 Å². The van der Waals surface area contributed by atoms with Gasteiger partial charge in [-0.3, -0.25) is 0 Å². The van der Waals surface area contributed by atoms with E-state index in [0.717, 1.165) is 0 Å². The molecular formula is C11H16O6. The molecule has 2 atom stereocenters. The van der Waals surface area contributed by atoms with Crippen molar-refractivity contribution in [3.8, 4) is 0 Å². The van der Waals surface area contributed by atoms with Gasteiger partial charge in [-0.2, -0.15) is 0 Å². The molecule has 0 fully saturated rings. The molecule has 2 N–H and O–H groups in total. The second kappa shape index (κ2) is 5.92. The number of carbonyl (C=O) groups is 1. The summed E-state index contributed by atoms with van der Waals surface area (Å²) in [7, 11) is 2.64. The Morgan fingerprint density at radius 2 is 2.24 bits per heavy atom. The summed E-state index contributed by atoms with van der Waals surface area (Å²) in [5.41, 5.74) is 0.275. The van der Waals surface area contributed by atoms with Gasteiger partial charge in [-0.05, 0) is 18.2 Å². The van der Waals surface area contributed by atoms with E-state index >= 15 is 0 Å². The zero-order valence-electron chi connectivity index (χ0n) is 9.75. The summed E-state index contributed by atoms with van der Waals surface area (Å²) in [6.07, 6.45) is 3.25. The molecule has 0 aromatic carbocycles. The van der Waals surface area contributed by atoms with Crippen LogP contribution >= 0.6 is 0 Å². The Bertz CT molecular complexity index is 335. The summed E-state index contributed by atoms with van der Waals surface area (Å²) < 4.78 is 14.7. The lowest BCUT2D eigenvalue weighted by Crippen LogP contribution is -2.45. The van der Waals surface area contributed by atoms with Gasteiger partial charge in [0.15, 0.2) is 0 Å². The molecule has 1 rings (SSSR count). The number of rotatable bonds is 5. The van der Waals surface area contributed by atoms with Crippen molar-refractivity contribution in [3.63, 3.8) is 0 Å². The van der Waals surface area contributed by atoms with Gasteiger partial charge in [0.2, 0.25) is 5.79 Å². The van der Waals surface area contributed by atoms with Crippen LogP contribution in [0.4, 0.5) is 0 Å². The van der Waals surface area contributed by atoms with E-state index in [1.165, 1.54) is 32.4 Å². The van der Waals surface area contributed by atoms with Crippen molar-refractivity contribution in [1.82, 2.24) is 0 Å². The summed E-state index contributed by atoms with van der Waals surface area (Å²) >= 11 is 0. The van der Waals surface area contributed by atoms with Gasteiger partial charge in [-0.1, -0.05) is 0 Å². The Labute approximate surface area is 99.1 Å². The number of ether oxygens (including phenoxy) is 3. The maximum atomic E-state index is 11.3. The minimum Gasteiger partial charge on any atom is -0.465 e. The number of aliphatic hydroxyl groups is 2. The summed E-state index contributed by atoms with van der Waals surface area (Å²) in [5, 5.41) is 18.8. The molecule has 1 aliphatic rings. The standard InChI is InChI=1S/C11H16O6/c1-15-9-7-8(10(13)16-2)3-4-11(9,14)17-6-5-12/h3-4,7,9,12,14H,5-6H2,1-2H3. The van der Waals surface area contributed by atoms with Crippen LogP contribution in [0.3, 0.4) is 0 Å². The quantitative estimate of drug-likeness (QED) is 0.494. The van der Waals surface area contributed by atoms with Crippen molar-refractivity contribution in [2.45, 2.75) is 11.9 Å². The Kier molecular flexibility index (Phi) is 4.83. The molecule has 6 heteroatoms. The van der Waals surface area contributed by atoms with Gasteiger partial charge in [0, 0.05) is 7.11 Å². The minimum absolute atomic E-state index is 0.0396. The largest absolute Gasteiger partial charge is 0.465 e. The molecule has 0 saturated carbocycles. The lowest BCUT2D eigenvalue weighted by Gasteiger charge is -2.33. The number of esters is 1. The van der Waals surface area contributed by atoms with Crippen LogP contribution in [0.15, 0.2) is 23.8 Å². The molecule has 6 nitrogen and oxygen atoms in total. The highest BCUT2D eigenvalue weighted by molar-refractivity contribution is 5.92. The predicted molar refractivity (Wildman–Crippen MR) is 58.0 cm³/mol. The van der Waals surface area contributed by atoms with Gasteiger partial charge in [0.25, 0.3) is 0 Å². The van der Waals surface area contributed by atoms with E-state index in [2.05, 4.69) is 4.74 Å². The van der Waals surface area contributed by atoms with Crippen molar-refractivity contribution in [2.75, 3.05) is 27.4 Å². The van der Waals surface area contributed by atoms with E-state index in [9.17, 15) is 9.90 Å². The molecular weight excluding hydrogens is 228 g/mol. The van der Waals surface area contributed by atoms with Gasteiger partial charge in [-0.15, -0.1) is 0 Å². The lowest BCUT2D eigenvalue weighted by molar-refractivity contribution is -0.221. The highest BCUT2D eigenvalue weighted by Gasteiger charge is 2.37. The van der Waals surface area contributed by atoms with Gasteiger partial charge in [-0.25, -0.2) is 4.79 Å². The van der Waals surface area contributed by atoms with Gasteiger partial charge in [0.05, 0.1) is 25.9 Å². The highest BCUT2D eigenvalue weighted by atomic mass is 16.7. The van der Waals surface area contributed by atoms with Crippen LogP contribution in [0.5, 0.6) is 0 Å². The zero-order chi connectivity index (χ0) is 12.9. The maximum absolute atomic E-state index is 11.3. The van der Waals surface area contributed by atoms with E-state index in [1.807, 2.05) is 0 Å². The second-order valence-electron chi connectivity index (χ2n) is 3.43. The smallest absolute Gasteiger partial charge is 0.337 e. The average molecular weight is 244 g/mol. The first-order valence-electron chi connectivity index (χ1n) is 5.06. The fourth-order valence-electron chi connectivity index (χ4n) is 1.47. The average Bonchev–Trinajstić information content (AvgIpc) is 2.36. The van der Waals surface area contributed by atoms with Crippen molar-refractivity contribution in [3.05, 3.63) is 23.8 Å². The normalized spacial score (nSPS) is 27.8. The molecule has 0 aromatic rings. The van der Waals surface area contributed by atoms with E-state index in [1.54, 1.807) is 0 Å². The molecule has 0 saturated heterocycles. The van der Waals surface area contributed by atoms with E-state index in [-0.39, 0.29) is 18.8 Å². The van der Waals surface area contributed by atoms with E-state index in [0.29, 0.717) is 0 Å². The number of methoxy groups -OCH3 is 2. The van der Waals surface area contributed by atoms with Crippen LogP contribution in [0.1, 0.15) is 0 Å². The van der Waals surface area contributed by atoms with Crippen LogP contribution in [0, 0.1) is 0 Å². The van der Waals surface area contributed by atoms with Crippen molar-refractivity contribution in [1.29, 1.82) is 0 Å². The van der Waals surface area contributed by atoms with Gasteiger partial charge < -0.3 is 24.4 Å². The summed E-state index contributed by atoms with van der Waals surface area (Å²) in [6, 6.07) is 0. The van der Waals surface area contributed by atoms with Crippen molar-refractivity contribution in [2.24, 2.45) is 0 Å². The molecule has 2 unspecified atom stereocenters. The molecule has 0 aliphatic heterocycles. The Morgan fingerprint density at radius 3 is 2.76 bits per heavy atom. The van der Waals surface area contributed by atoms with Crippen LogP contribution in [-0.4, -0.2) is 55.5 Å². The zero-order valence-corrected chi connectivity index (χ0v) is 9.75. The third-order valence-electron chi connectivity index (χ3n) is 2.34. The summed E-state index contributed by atoms with van der Waals surface area (Å²) in [4.78, 5) is 11.3. The molecule has 96 valence electrons. The Morgan fingerprint density at radius 1 is 1.53 bits per heavy atom. The second-order valence-corrected chi connectivity index (χ2v) is 3.43. The maximum Gasteiger partial charge on any atom is 0.337 e. The van der Waals surface area contributed by atoms with Crippen LogP contribution in [-0.2, 0) is 19.0 Å². The molecule has 1 aliphatic carbocycles. The van der Waals surface area contributed by atoms with E-state index < -0.39 is 17.9 Å². The molecule has 17 heavy (non-hydrogen) atoms. The number of carbonyl (C=O) groups excluding carboxylic acids is 1. The van der Waals surface area contributed by atoms with E-state index in [4.69, 9.17) is 14.6 Å². The highest BCUT2D eigenvalue weighted by Crippen LogP contribution is 2.25. The Hall–Kier alpha value is -1.21. The number of aliphatic hydroxyl groups excluding tert-OH is 1. The number of hydrogen-bond donors (Lipinski definition) is 2. The van der Waals surface area contributed by atoms with Crippen LogP contribution in [0.2, 0.25) is 0 Å². The fourth-order valence-corrected chi connectivity index (χ4v) is 1.47. The topological polar surface area (TPSA) is 85.2 Å². The number of hydrogen-bond acceptors (Lipinski definition) is 6.